The van der Waals surface area contributed by atoms with Gasteiger partial charge in [-0.3, -0.25) is 9.67 Å². The van der Waals surface area contributed by atoms with Crippen LogP contribution in [0.15, 0.2) is 48.8 Å². The summed E-state index contributed by atoms with van der Waals surface area (Å²) in [6, 6.07) is 11.6. The molecule has 3 aromatic rings. The number of nitrogens with zero attached hydrogens (tertiary/aromatic N) is 3. The number of hydrogen-bond donors (Lipinski definition) is 1. The van der Waals surface area contributed by atoms with Crippen molar-refractivity contribution in [3.05, 3.63) is 60.0 Å². The molecule has 0 fully saturated rings. The predicted octanol–water partition coefficient (Wildman–Crippen LogP) is 3.16. The molecule has 0 atom stereocenters. The van der Waals surface area contributed by atoms with Crippen LogP contribution >= 0.6 is 0 Å². The highest BCUT2D eigenvalue weighted by atomic mass is 16.4. The molecule has 0 aliphatic heterocycles. The van der Waals surface area contributed by atoms with Crippen LogP contribution in [0.3, 0.4) is 0 Å². The van der Waals surface area contributed by atoms with Crippen molar-refractivity contribution in [2.75, 3.05) is 0 Å². The van der Waals surface area contributed by atoms with Gasteiger partial charge in [0.2, 0.25) is 0 Å². The molecule has 2 heterocycles. The van der Waals surface area contributed by atoms with E-state index in [1.807, 2.05) is 37.3 Å². The number of aryl methyl sites for hydroxylation is 2. The number of hydrogen-bond acceptors (Lipinski definition) is 3. The van der Waals surface area contributed by atoms with Gasteiger partial charge in [-0.05, 0) is 47.9 Å². The van der Waals surface area contributed by atoms with Gasteiger partial charge in [0.1, 0.15) is 0 Å². The lowest BCUT2D eigenvalue weighted by Gasteiger charge is -2.09. The molecule has 2 aromatic heterocycles. The van der Waals surface area contributed by atoms with E-state index in [9.17, 15) is 4.79 Å². The van der Waals surface area contributed by atoms with Crippen molar-refractivity contribution in [3.8, 4) is 22.4 Å². The number of aromatic nitrogens is 3. The van der Waals surface area contributed by atoms with Crippen LogP contribution < -0.4 is 0 Å². The second-order valence-corrected chi connectivity index (χ2v) is 5.11. The van der Waals surface area contributed by atoms with Gasteiger partial charge in [-0.1, -0.05) is 12.1 Å². The second kappa shape index (κ2) is 5.44. The minimum absolute atomic E-state index is 0.0474. The maximum Gasteiger partial charge on any atom is 0.356 e. The van der Waals surface area contributed by atoms with Gasteiger partial charge in [0, 0.05) is 25.0 Å². The third-order valence-corrected chi connectivity index (χ3v) is 3.63. The summed E-state index contributed by atoms with van der Waals surface area (Å²) in [5, 5.41) is 13.1. The summed E-state index contributed by atoms with van der Waals surface area (Å²) < 4.78 is 1.60. The first-order valence-corrected chi connectivity index (χ1v) is 6.85. The fourth-order valence-electron chi connectivity index (χ4n) is 2.45. The Hall–Kier alpha value is -2.95. The van der Waals surface area contributed by atoms with Gasteiger partial charge in [0.05, 0.1) is 5.69 Å². The molecule has 1 aromatic carbocycles. The van der Waals surface area contributed by atoms with Crippen LogP contribution in [0, 0.1) is 6.92 Å². The Morgan fingerprint density at radius 1 is 1.09 bits per heavy atom. The summed E-state index contributed by atoms with van der Waals surface area (Å²) in [6.45, 7) is 2.00. The van der Waals surface area contributed by atoms with Crippen LogP contribution in [-0.2, 0) is 7.05 Å². The number of carboxylic acids is 1. The van der Waals surface area contributed by atoms with Crippen LogP contribution in [0.2, 0.25) is 0 Å². The van der Waals surface area contributed by atoms with E-state index in [-0.39, 0.29) is 5.69 Å². The summed E-state index contributed by atoms with van der Waals surface area (Å²) >= 11 is 0. The Morgan fingerprint density at radius 3 is 2.45 bits per heavy atom. The van der Waals surface area contributed by atoms with Crippen LogP contribution in [-0.4, -0.2) is 25.8 Å². The van der Waals surface area contributed by atoms with Gasteiger partial charge in [0.25, 0.3) is 0 Å². The largest absolute Gasteiger partial charge is 0.476 e. The SMILES string of the molecule is Cc1ccc(-c2ccncc2)cc1-c1cc(C(=O)O)nn1C. The van der Waals surface area contributed by atoms with E-state index in [4.69, 9.17) is 5.11 Å². The smallest absolute Gasteiger partial charge is 0.356 e. The molecular formula is C17H15N3O2. The first-order valence-electron chi connectivity index (χ1n) is 6.85. The van der Waals surface area contributed by atoms with E-state index in [1.54, 1.807) is 30.2 Å². The number of pyridine rings is 1. The van der Waals surface area contributed by atoms with E-state index in [0.29, 0.717) is 0 Å². The van der Waals surface area contributed by atoms with Crippen molar-refractivity contribution in [1.82, 2.24) is 14.8 Å². The lowest BCUT2D eigenvalue weighted by atomic mass is 9.98. The third kappa shape index (κ3) is 2.48. The molecule has 0 unspecified atom stereocenters. The molecule has 0 spiro atoms. The van der Waals surface area contributed by atoms with Gasteiger partial charge >= 0.3 is 5.97 Å². The highest BCUT2D eigenvalue weighted by Gasteiger charge is 2.14. The quantitative estimate of drug-likeness (QED) is 0.805. The van der Waals surface area contributed by atoms with Crippen molar-refractivity contribution >= 4 is 5.97 Å². The van der Waals surface area contributed by atoms with E-state index >= 15 is 0 Å². The molecule has 110 valence electrons. The van der Waals surface area contributed by atoms with Gasteiger partial charge in [-0.15, -0.1) is 0 Å². The molecule has 0 radical (unpaired) electrons. The average molecular weight is 293 g/mol. The molecule has 0 aliphatic rings. The van der Waals surface area contributed by atoms with Crippen LogP contribution in [0.1, 0.15) is 16.1 Å². The lowest BCUT2D eigenvalue weighted by Crippen LogP contribution is -1.99. The first-order chi connectivity index (χ1) is 10.6. The minimum atomic E-state index is -1.02. The Kier molecular flexibility index (Phi) is 3.47. The Morgan fingerprint density at radius 2 is 1.82 bits per heavy atom. The lowest BCUT2D eigenvalue weighted by molar-refractivity contribution is 0.0689. The van der Waals surface area contributed by atoms with Gasteiger partial charge in [-0.2, -0.15) is 5.10 Å². The molecule has 0 aliphatic carbocycles. The van der Waals surface area contributed by atoms with E-state index in [1.165, 1.54) is 0 Å². The summed E-state index contributed by atoms with van der Waals surface area (Å²) in [7, 11) is 1.75. The average Bonchev–Trinajstić information content (AvgIpc) is 2.91. The monoisotopic (exact) mass is 293 g/mol. The van der Waals surface area contributed by atoms with Crippen LogP contribution in [0.25, 0.3) is 22.4 Å². The normalized spacial score (nSPS) is 10.6. The van der Waals surface area contributed by atoms with Crippen molar-refractivity contribution in [2.24, 2.45) is 7.05 Å². The zero-order valence-electron chi connectivity index (χ0n) is 12.3. The Labute approximate surface area is 127 Å². The molecule has 22 heavy (non-hydrogen) atoms. The number of carboxylic acid groups (broad SMARTS) is 1. The fraction of sp³-hybridized carbons (Fsp3) is 0.118. The molecule has 0 bridgehead atoms. The predicted molar refractivity (Wildman–Crippen MR) is 83.6 cm³/mol. The number of carbonyl (C=O) groups is 1. The molecule has 3 rings (SSSR count). The van der Waals surface area contributed by atoms with Gasteiger partial charge < -0.3 is 5.11 Å². The standard InChI is InChI=1S/C17H15N3O2/c1-11-3-4-13(12-5-7-18-8-6-12)9-14(11)16-10-15(17(21)22)19-20(16)2/h3-10H,1-2H3,(H,21,22). The maximum absolute atomic E-state index is 11.1. The van der Waals surface area contributed by atoms with Crippen molar-refractivity contribution in [1.29, 1.82) is 0 Å². The van der Waals surface area contributed by atoms with Crippen LogP contribution in [0.4, 0.5) is 0 Å². The summed E-state index contributed by atoms with van der Waals surface area (Å²) in [6.07, 6.45) is 3.50. The second-order valence-electron chi connectivity index (χ2n) is 5.11. The van der Waals surface area contributed by atoms with Crippen LogP contribution in [0.5, 0.6) is 0 Å². The first kappa shape index (κ1) is 14.0. The molecule has 1 N–H and O–H groups in total. The molecule has 0 saturated heterocycles. The number of rotatable bonds is 3. The van der Waals surface area contributed by atoms with Crippen molar-refractivity contribution in [2.45, 2.75) is 6.92 Å². The van der Waals surface area contributed by atoms with E-state index < -0.39 is 5.97 Å². The van der Waals surface area contributed by atoms with E-state index in [2.05, 4.69) is 10.1 Å². The van der Waals surface area contributed by atoms with E-state index in [0.717, 1.165) is 27.9 Å². The summed E-state index contributed by atoms with van der Waals surface area (Å²) in [5.74, 6) is -1.02. The fourth-order valence-corrected chi connectivity index (χ4v) is 2.45. The Balaban J connectivity index is 2.13. The molecule has 0 amide bonds. The Bertz CT molecular complexity index is 838. The van der Waals surface area contributed by atoms with Crippen molar-refractivity contribution in [3.63, 3.8) is 0 Å². The zero-order chi connectivity index (χ0) is 15.7. The topological polar surface area (TPSA) is 68.0 Å². The molecular weight excluding hydrogens is 278 g/mol. The van der Waals surface area contributed by atoms with Gasteiger partial charge in [-0.25, -0.2) is 4.79 Å². The molecule has 5 heteroatoms. The molecule has 0 saturated carbocycles. The summed E-state index contributed by atoms with van der Waals surface area (Å²) in [4.78, 5) is 15.1. The van der Waals surface area contributed by atoms with Gasteiger partial charge in [0.15, 0.2) is 5.69 Å². The summed E-state index contributed by atoms with van der Waals surface area (Å²) in [5.41, 5.74) is 4.99. The maximum atomic E-state index is 11.1. The minimum Gasteiger partial charge on any atom is -0.476 e. The molecule has 5 nitrogen and oxygen atoms in total. The van der Waals surface area contributed by atoms with Crippen molar-refractivity contribution < 1.29 is 9.90 Å². The zero-order valence-corrected chi connectivity index (χ0v) is 12.3. The number of aromatic carboxylic acids is 1. The number of benzene rings is 1. The third-order valence-electron chi connectivity index (χ3n) is 3.63. The highest BCUT2D eigenvalue weighted by Crippen LogP contribution is 2.29. The highest BCUT2D eigenvalue weighted by molar-refractivity contribution is 5.87.